The van der Waals surface area contributed by atoms with E-state index in [0.717, 1.165) is 6.54 Å². The van der Waals surface area contributed by atoms with E-state index >= 15 is 0 Å². The summed E-state index contributed by atoms with van der Waals surface area (Å²) in [7, 11) is 0. The number of thiazole rings is 1. The Bertz CT molecular complexity index is 336. The van der Waals surface area contributed by atoms with Crippen LogP contribution in [0.15, 0.2) is 0 Å². The third kappa shape index (κ3) is 2.99. The van der Waals surface area contributed by atoms with Crippen LogP contribution >= 0.6 is 23.1 Å². The molecule has 0 spiro atoms. The van der Waals surface area contributed by atoms with Crippen molar-refractivity contribution in [3.8, 4) is 0 Å². The number of aromatic nitrogens is 1. The molecule has 1 atom stereocenters. The Morgan fingerprint density at radius 2 is 2.44 bits per heavy atom. The highest BCUT2D eigenvalue weighted by Crippen LogP contribution is 2.33. The molecule has 0 bridgehead atoms. The average molecular weight is 256 g/mol. The average Bonchev–Trinajstić information content (AvgIpc) is 2.65. The van der Waals surface area contributed by atoms with E-state index in [1.807, 2.05) is 23.1 Å². The lowest BCUT2D eigenvalue weighted by atomic mass is 9.98. The van der Waals surface area contributed by atoms with Gasteiger partial charge in [-0.15, -0.1) is 11.3 Å². The summed E-state index contributed by atoms with van der Waals surface area (Å²) >= 11 is 3.81. The van der Waals surface area contributed by atoms with Crippen LogP contribution in [0.2, 0.25) is 0 Å². The van der Waals surface area contributed by atoms with Crippen LogP contribution in [-0.2, 0) is 6.42 Å². The highest BCUT2D eigenvalue weighted by Gasteiger charge is 2.22. The van der Waals surface area contributed by atoms with E-state index in [2.05, 4.69) is 23.5 Å². The van der Waals surface area contributed by atoms with Crippen molar-refractivity contribution in [1.29, 1.82) is 0 Å². The summed E-state index contributed by atoms with van der Waals surface area (Å²) in [5.41, 5.74) is 1.36. The molecule has 16 heavy (non-hydrogen) atoms. The smallest absolute Gasteiger partial charge is 0.0900 e. The first-order valence-electron chi connectivity index (χ1n) is 6.00. The highest BCUT2D eigenvalue weighted by atomic mass is 32.2. The van der Waals surface area contributed by atoms with E-state index in [9.17, 15) is 0 Å². The summed E-state index contributed by atoms with van der Waals surface area (Å²) in [6.45, 7) is 3.26. The Kier molecular flexibility index (Phi) is 4.67. The molecule has 0 amide bonds. The lowest BCUT2D eigenvalue weighted by molar-refractivity contribution is 0.465. The second kappa shape index (κ2) is 6.03. The first-order valence-corrected chi connectivity index (χ1v) is 8.21. The molecule has 0 saturated heterocycles. The van der Waals surface area contributed by atoms with Crippen LogP contribution in [0.5, 0.6) is 0 Å². The fourth-order valence-corrected chi connectivity index (χ4v) is 3.75. The first kappa shape index (κ1) is 12.4. The lowest BCUT2D eigenvalue weighted by Crippen LogP contribution is -2.25. The zero-order valence-electron chi connectivity index (χ0n) is 10.1. The van der Waals surface area contributed by atoms with E-state index in [1.54, 1.807) is 0 Å². The Morgan fingerprint density at radius 1 is 1.56 bits per heavy atom. The minimum atomic E-state index is 0.580. The van der Waals surface area contributed by atoms with Gasteiger partial charge in [0.15, 0.2) is 0 Å². The van der Waals surface area contributed by atoms with Crippen molar-refractivity contribution >= 4 is 23.1 Å². The Morgan fingerprint density at radius 3 is 3.25 bits per heavy atom. The molecule has 0 aliphatic heterocycles. The molecule has 2 nitrogen and oxygen atoms in total. The van der Waals surface area contributed by atoms with Gasteiger partial charge in [0.2, 0.25) is 0 Å². The number of hydrogen-bond acceptors (Lipinski definition) is 4. The largest absolute Gasteiger partial charge is 0.309 e. The summed E-state index contributed by atoms with van der Waals surface area (Å²) in [4.78, 5) is 6.13. The number of hydrogen-bond donors (Lipinski definition) is 1. The van der Waals surface area contributed by atoms with E-state index < -0.39 is 0 Å². The number of nitrogens with zero attached hydrogens (tertiary/aromatic N) is 1. The van der Waals surface area contributed by atoms with Crippen molar-refractivity contribution in [3.05, 3.63) is 15.6 Å². The van der Waals surface area contributed by atoms with Crippen molar-refractivity contribution in [2.45, 2.75) is 38.6 Å². The van der Waals surface area contributed by atoms with Crippen molar-refractivity contribution < 1.29 is 0 Å². The quantitative estimate of drug-likeness (QED) is 0.819. The molecule has 1 aromatic heterocycles. The minimum absolute atomic E-state index is 0.580. The van der Waals surface area contributed by atoms with Gasteiger partial charge >= 0.3 is 0 Å². The topological polar surface area (TPSA) is 24.9 Å². The molecule has 0 radical (unpaired) electrons. The third-order valence-corrected chi connectivity index (χ3v) is 4.80. The van der Waals surface area contributed by atoms with Gasteiger partial charge in [0.05, 0.1) is 10.7 Å². The van der Waals surface area contributed by atoms with Gasteiger partial charge in [0.1, 0.15) is 0 Å². The fraction of sp³-hybridized carbons (Fsp3) is 0.750. The molecule has 0 fully saturated rings. The van der Waals surface area contributed by atoms with Gasteiger partial charge in [-0.25, -0.2) is 4.98 Å². The molecule has 1 unspecified atom stereocenters. The molecule has 0 saturated carbocycles. The van der Waals surface area contributed by atoms with Gasteiger partial charge in [0.25, 0.3) is 0 Å². The molecule has 1 N–H and O–H groups in total. The van der Waals surface area contributed by atoms with Gasteiger partial charge in [-0.3, -0.25) is 0 Å². The number of rotatable bonds is 5. The van der Waals surface area contributed by atoms with Crippen molar-refractivity contribution in [2.75, 3.05) is 18.6 Å². The number of thioether (sulfide) groups is 1. The molecule has 4 heteroatoms. The van der Waals surface area contributed by atoms with E-state index in [4.69, 9.17) is 0 Å². The second-order valence-corrected chi connectivity index (χ2v) is 6.51. The number of fused-ring (bicyclic) bond motifs is 1. The summed E-state index contributed by atoms with van der Waals surface area (Å²) < 4.78 is 0. The van der Waals surface area contributed by atoms with E-state index in [1.165, 1.54) is 47.0 Å². The monoisotopic (exact) mass is 256 g/mol. The SMILES string of the molecule is CSCCCNC1CCCc2nc(C)sc21. The van der Waals surface area contributed by atoms with Crippen LogP contribution in [0.4, 0.5) is 0 Å². The zero-order valence-corrected chi connectivity index (χ0v) is 11.7. The summed E-state index contributed by atoms with van der Waals surface area (Å²) in [5.74, 6) is 1.26. The van der Waals surface area contributed by atoms with Crippen LogP contribution in [0.3, 0.4) is 0 Å². The Hall–Kier alpha value is -0.0600. The van der Waals surface area contributed by atoms with Gasteiger partial charge < -0.3 is 5.32 Å². The summed E-state index contributed by atoms with van der Waals surface area (Å²) in [6.07, 6.45) is 7.20. The van der Waals surface area contributed by atoms with Crippen LogP contribution in [0.25, 0.3) is 0 Å². The molecule has 1 aliphatic carbocycles. The number of nitrogens with one attached hydrogen (secondary N) is 1. The maximum Gasteiger partial charge on any atom is 0.0900 e. The third-order valence-electron chi connectivity index (χ3n) is 2.97. The maximum absolute atomic E-state index is 4.62. The van der Waals surface area contributed by atoms with Gasteiger partial charge in [-0.05, 0) is 51.2 Å². The normalized spacial score (nSPS) is 19.8. The molecule has 1 aromatic rings. The number of aryl methyl sites for hydroxylation is 2. The van der Waals surface area contributed by atoms with Crippen LogP contribution < -0.4 is 5.32 Å². The molecule has 1 heterocycles. The van der Waals surface area contributed by atoms with Gasteiger partial charge in [-0.1, -0.05) is 0 Å². The zero-order chi connectivity index (χ0) is 11.4. The van der Waals surface area contributed by atoms with Crippen LogP contribution in [0.1, 0.15) is 40.9 Å². The van der Waals surface area contributed by atoms with Crippen molar-refractivity contribution in [1.82, 2.24) is 10.3 Å². The summed E-state index contributed by atoms with van der Waals surface area (Å²) in [5, 5.41) is 4.91. The van der Waals surface area contributed by atoms with Gasteiger partial charge in [0, 0.05) is 10.9 Å². The lowest BCUT2D eigenvalue weighted by Gasteiger charge is -2.22. The molecular formula is C12H20N2S2. The van der Waals surface area contributed by atoms with E-state index in [-0.39, 0.29) is 0 Å². The molecule has 90 valence electrons. The maximum atomic E-state index is 4.62. The predicted octanol–water partition coefficient (Wildman–Crippen LogP) is 3.17. The molecular weight excluding hydrogens is 236 g/mol. The highest BCUT2D eigenvalue weighted by molar-refractivity contribution is 7.98. The Balaban J connectivity index is 1.91. The van der Waals surface area contributed by atoms with Crippen molar-refractivity contribution in [2.24, 2.45) is 0 Å². The second-order valence-electron chi connectivity index (χ2n) is 4.29. The molecule has 0 aromatic carbocycles. The van der Waals surface area contributed by atoms with E-state index in [0.29, 0.717) is 6.04 Å². The minimum Gasteiger partial charge on any atom is -0.309 e. The molecule has 1 aliphatic rings. The van der Waals surface area contributed by atoms with Crippen molar-refractivity contribution in [3.63, 3.8) is 0 Å². The van der Waals surface area contributed by atoms with Crippen LogP contribution in [0, 0.1) is 6.92 Å². The summed E-state index contributed by atoms with van der Waals surface area (Å²) in [6, 6.07) is 0.580. The van der Waals surface area contributed by atoms with Crippen LogP contribution in [-0.4, -0.2) is 23.5 Å². The molecule has 2 rings (SSSR count). The standard InChI is InChI=1S/C12H20N2S2/c1-9-14-11-6-3-5-10(12(11)16-9)13-7-4-8-15-2/h10,13H,3-8H2,1-2H3. The fourth-order valence-electron chi connectivity index (χ4n) is 2.23. The Labute approximate surface area is 106 Å². The predicted molar refractivity (Wildman–Crippen MR) is 73.5 cm³/mol. The van der Waals surface area contributed by atoms with Gasteiger partial charge in [-0.2, -0.15) is 11.8 Å². The first-order chi connectivity index (χ1) is 7.81.